The number of nitrogens with zero attached hydrogens (tertiary/aromatic N) is 1. The van der Waals surface area contributed by atoms with Gasteiger partial charge in [-0.3, -0.25) is 4.79 Å². The third kappa shape index (κ3) is 4.28. The molecule has 1 heterocycles. The molecule has 116 valence electrons. The van der Waals surface area contributed by atoms with Crippen LogP contribution in [0.25, 0.3) is 0 Å². The highest BCUT2D eigenvalue weighted by Gasteiger charge is 2.23. The average molecular weight is 291 g/mol. The van der Waals surface area contributed by atoms with Gasteiger partial charge < -0.3 is 20.7 Å². The normalized spacial score (nSPS) is 16.1. The fourth-order valence-electron chi connectivity index (χ4n) is 2.57. The van der Waals surface area contributed by atoms with Crippen LogP contribution in [0.1, 0.15) is 33.6 Å². The van der Waals surface area contributed by atoms with Crippen molar-refractivity contribution in [1.29, 1.82) is 0 Å². The van der Waals surface area contributed by atoms with Crippen LogP contribution in [0.15, 0.2) is 18.2 Å². The molecule has 0 bridgehead atoms. The van der Waals surface area contributed by atoms with Gasteiger partial charge in [-0.2, -0.15) is 0 Å². The van der Waals surface area contributed by atoms with Crippen LogP contribution in [0.5, 0.6) is 5.75 Å². The highest BCUT2D eigenvalue weighted by atomic mass is 16.5. The van der Waals surface area contributed by atoms with Gasteiger partial charge in [-0.25, -0.2) is 0 Å². The van der Waals surface area contributed by atoms with Crippen molar-refractivity contribution in [3.8, 4) is 5.75 Å². The van der Waals surface area contributed by atoms with Gasteiger partial charge in [0.15, 0.2) is 0 Å². The number of anilines is 2. The number of nitrogens with two attached hydrogens (primary N) is 1. The van der Waals surface area contributed by atoms with Gasteiger partial charge in [0, 0.05) is 36.6 Å². The molecule has 0 radical (unpaired) electrons. The lowest BCUT2D eigenvalue weighted by atomic mass is 10.2. The lowest BCUT2D eigenvalue weighted by molar-refractivity contribution is -0.130. The third-order valence-electron chi connectivity index (χ3n) is 3.47. The van der Waals surface area contributed by atoms with Crippen LogP contribution in [0, 0.1) is 0 Å². The molecule has 1 aromatic carbocycles. The Kier molecular flexibility index (Phi) is 4.94. The first-order chi connectivity index (χ1) is 9.95. The Morgan fingerprint density at radius 2 is 1.90 bits per heavy atom. The smallest absolute Gasteiger partial charge is 0.244 e. The van der Waals surface area contributed by atoms with Crippen molar-refractivity contribution in [2.24, 2.45) is 0 Å². The third-order valence-corrected chi connectivity index (χ3v) is 3.47. The van der Waals surface area contributed by atoms with Gasteiger partial charge in [-0.15, -0.1) is 0 Å². The standard InChI is InChI=1S/C16H25N3O2/c1-11(2)21-15-9-13(17)8-14(10-15)18-12(3)16(20)19-6-4-5-7-19/h8-12,18H,4-7,17H2,1-3H3. The van der Waals surface area contributed by atoms with Crippen LogP contribution in [0.4, 0.5) is 11.4 Å². The molecule has 2 rings (SSSR count). The summed E-state index contributed by atoms with van der Waals surface area (Å²) < 4.78 is 5.66. The topological polar surface area (TPSA) is 67.6 Å². The number of likely N-dealkylation sites (tertiary alicyclic amines) is 1. The van der Waals surface area contributed by atoms with Crippen LogP contribution in [-0.4, -0.2) is 36.0 Å². The van der Waals surface area contributed by atoms with Gasteiger partial charge in [0.25, 0.3) is 0 Å². The zero-order chi connectivity index (χ0) is 15.4. The molecule has 1 unspecified atom stereocenters. The first-order valence-electron chi connectivity index (χ1n) is 7.58. The number of amides is 1. The van der Waals surface area contributed by atoms with E-state index in [2.05, 4.69) is 5.32 Å². The fraction of sp³-hybridized carbons (Fsp3) is 0.562. The molecule has 1 aromatic rings. The van der Waals surface area contributed by atoms with E-state index in [1.807, 2.05) is 37.8 Å². The van der Waals surface area contributed by atoms with E-state index >= 15 is 0 Å². The summed E-state index contributed by atoms with van der Waals surface area (Å²) >= 11 is 0. The van der Waals surface area contributed by atoms with Gasteiger partial charge in [-0.1, -0.05) is 0 Å². The SMILES string of the molecule is CC(C)Oc1cc(N)cc(NC(C)C(=O)N2CCCC2)c1. The largest absolute Gasteiger partial charge is 0.491 e. The van der Waals surface area contributed by atoms with Crippen LogP contribution in [0.3, 0.4) is 0 Å². The molecule has 0 saturated carbocycles. The number of nitrogens with one attached hydrogen (secondary N) is 1. The number of benzene rings is 1. The molecular formula is C16H25N3O2. The predicted octanol–water partition coefficient (Wildman–Crippen LogP) is 2.48. The summed E-state index contributed by atoms with van der Waals surface area (Å²) in [6.45, 7) is 7.55. The van der Waals surface area contributed by atoms with Crippen molar-refractivity contribution in [2.75, 3.05) is 24.1 Å². The van der Waals surface area contributed by atoms with Gasteiger partial charge in [-0.05, 0) is 39.7 Å². The molecule has 1 atom stereocenters. The number of carbonyl (C=O) groups excluding carboxylic acids is 1. The summed E-state index contributed by atoms with van der Waals surface area (Å²) in [5.74, 6) is 0.856. The first-order valence-corrected chi connectivity index (χ1v) is 7.58. The summed E-state index contributed by atoms with van der Waals surface area (Å²) in [6, 6.07) is 5.22. The number of nitrogen functional groups attached to an aromatic ring is 1. The van der Waals surface area contributed by atoms with Gasteiger partial charge in [0.1, 0.15) is 11.8 Å². The van der Waals surface area contributed by atoms with E-state index in [-0.39, 0.29) is 18.1 Å². The lowest BCUT2D eigenvalue weighted by Crippen LogP contribution is -2.39. The van der Waals surface area contributed by atoms with Crippen molar-refractivity contribution in [1.82, 2.24) is 4.90 Å². The molecule has 21 heavy (non-hydrogen) atoms. The summed E-state index contributed by atoms with van der Waals surface area (Å²) in [5, 5.41) is 3.22. The number of hydrogen-bond donors (Lipinski definition) is 2. The number of carbonyl (C=O) groups is 1. The molecule has 1 saturated heterocycles. The zero-order valence-corrected chi connectivity index (χ0v) is 13.1. The van der Waals surface area contributed by atoms with Crippen LogP contribution >= 0.6 is 0 Å². The summed E-state index contributed by atoms with van der Waals surface area (Å²) in [7, 11) is 0. The van der Waals surface area contributed by atoms with E-state index < -0.39 is 0 Å². The van der Waals surface area contributed by atoms with E-state index in [9.17, 15) is 4.79 Å². The second-order valence-corrected chi connectivity index (χ2v) is 5.86. The van der Waals surface area contributed by atoms with Crippen molar-refractivity contribution in [2.45, 2.75) is 45.8 Å². The Bertz CT molecular complexity index is 496. The Morgan fingerprint density at radius 1 is 1.24 bits per heavy atom. The Labute approximate surface area is 126 Å². The molecule has 0 aliphatic carbocycles. The zero-order valence-electron chi connectivity index (χ0n) is 13.1. The minimum Gasteiger partial charge on any atom is -0.491 e. The number of rotatable bonds is 5. The molecule has 1 amide bonds. The minimum atomic E-state index is -0.267. The van der Waals surface area contributed by atoms with E-state index in [1.54, 1.807) is 6.07 Å². The van der Waals surface area contributed by atoms with Gasteiger partial charge in [0.2, 0.25) is 5.91 Å². The number of hydrogen-bond acceptors (Lipinski definition) is 4. The molecular weight excluding hydrogens is 266 g/mol. The second kappa shape index (κ2) is 6.70. The molecule has 0 aromatic heterocycles. The van der Waals surface area contributed by atoms with Crippen molar-refractivity contribution >= 4 is 17.3 Å². The highest BCUT2D eigenvalue weighted by molar-refractivity contribution is 5.84. The Balaban J connectivity index is 2.04. The van der Waals surface area contributed by atoms with Crippen molar-refractivity contribution in [3.63, 3.8) is 0 Å². The van der Waals surface area contributed by atoms with E-state index in [0.717, 1.165) is 31.6 Å². The van der Waals surface area contributed by atoms with Crippen molar-refractivity contribution < 1.29 is 9.53 Å². The van der Waals surface area contributed by atoms with Crippen LogP contribution < -0.4 is 15.8 Å². The first kappa shape index (κ1) is 15.5. The van der Waals surface area contributed by atoms with Gasteiger partial charge in [0.05, 0.1) is 6.10 Å². The van der Waals surface area contributed by atoms with Crippen LogP contribution in [0.2, 0.25) is 0 Å². The summed E-state index contributed by atoms with van der Waals surface area (Å²) in [5.41, 5.74) is 7.33. The predicted molar refractivity (Wildman–Crippen MR) is 85.5 cm³/mol. The molecule has 3 N–H and O–H groups in total. The monoisotopic (exact) mass is 291 g/mol. The molecule has 1 fully saturated rings. The Morgan fingerprint density at radius 3 is 2.52 bits per heavy atom. The van der Waals surface area contributed by atoms with E-state index in [0.29, 0.717) is 11.4 Å². The average Bonchev–Trinajstić information content (AvgIpc) is 2.89. The minimum absolute atomic E-state index is 0.0864. The summed E-state index contributed by atoms with van der Waals surface area (Å²) in [4.78, 5) is 14.2. The number of ether oxygens (including phenoxy) is 1. The fourth-order valence-corrected chi connectivity index (χ4v) is 2.57. The van der Waals surface area contributed by atoms with E-state index in [1.165, 1.54) is 0 Å². The maximum atomic E-state index is 12.3. The molecule has 5 heteroatoms. The van der Waals surface area contributed by atoms with E-state index in [4.69, 9.17) is 10.5 Å². The molecule has 0 spiro atoms. The molecule has 1 aliphatic rings. The maximum absolute atomic E-state index is 12.3. The molecule has 5 nitrogen and oxygen atoms in total. The van der Waals surface area contributed by atoms with Gasteiger partial charge >= 0.3 is 0 Å². The second-order valence-electron chi connectivity index (χ2n) is 5.86. The lowest BCUT2D eigenvalue weighted by Gasteiger charge is -2.22. The highest BCUT2D eigenvalue weighted by Crippen LogP contribution is 2.24. The van der Waals surface area contributed by atoms with Crippen molar-refractivity contribution in [3.05, 3.63) is 18.2 Å². The Hall–Kier alpha value is -1.91. The quantitative estimate of drug-likeness (QED) is 0.818. The summed E-state index contributed by atoms with van der Waals surface area (Å²) in [6.07, 6.45) is 2.29. The maximum Gasteiger partial charge on any atom is 0.244 e. The molecule has 1 aliphatic heterocycles. The van der Waals surface area contributed by atoms with Crippen LogP contribution in [-0.2, 0) is 4.79 Å².